The fraction of sp³-hybridized carbons (Fsp3) is 0.333. The van der Waals surface area contributed by atoms with Crippen LogP contribution in [0.2, 0.25) is 0 Å². The molecule has 2 aromatic rings. The van der Waals surface area contributed by atoms with Crippen LogP contribution in [0.3, 0.4) is 0 Å². The molecule has 0 aliphatic heterocycles. The number of Topliss-reactive ketones (excluding diaryl/α,β-unsaturated/α-hetero) is 1. The van der Waals surface area contributed by atoms with E-state index < -0.39 is 17.7 Å². The molecule has 20 heavy (non-hydrogen) atoms. The van der Waals surface area contributed by atoms with Crippen LogP contribution >= 0.6 is 0 Å². The van der Waals surface area contributed by atoms with E-state index in [2.05, 4.69) is 4.98 Å². The van der Waals surface area contributed by atoms with E-state index in [1.807, 2.05) is 13.8 Å². The van der Waals surface area contributed by atoms with Gasteiger partial charge in [-0.3, -0.25) is 4.79 Å². The highest BCUT2D eigenvalue weighted by Gasteiger charge is 2.21. The lowest BCUT2D eigenvalue weighted by Crippen LogP contribution is -2.19. The molecule has 0 aliphatic rings. The summed E-state index contributed by atoms with van der Waals surface area (Å²) in [6, 6.07) is 2.68. The van der Waals surface area contributed by atoms with E-state index in [1.165, 1.54) is 6.07 Å². The molecule has 1 aromatic carbocycles. The van der Waals surface area contributed by atoms with Crippen molar-refractivity contribution in [2.24, 2.45) is 0 Å². The van der Waals surface area contributed by atoms with Crippen molar-refractivity contribution in [3.63, 3.8) is 0 Å². The summed E-state index contributed by atoms with van der Waals surface area (Å²) in [7, 11) is 0. The first kappa shape index (κ1) is 14.4. The molecule has 0 fully saturated rings. The van der Waals surface area contributed by atoms with Crippen LogP contribution < -0.4 is 0 Å². The van der Waals surface area contributed by atoms with Gasteiger partial charge in [0.05, 0.1) is 6.04 Å². The summed E-state index contributed by atoms with van der Waals surface area (Å²) in [4.78, 5) is 16.6. The van der Waals surface area contributed by atoms with E-state index in [9.17, 15) is 13.6 Å². The average molecular weight is 278 g/mol. The first-order valence-electron chi connectivity index (χ1n) is 6.43. The van der Waals surface area contributed by atoms with E-state index in [4.69, 9.17) is 0 Å². The number of benzene rings is 1. The summed E-state index contributed by atoms with van der Waals surface area (Å²) in [5.41, 5.74) is 0.153. The van der Waals surface area contributed by atoms with Crippen LogP contribution in [-0.4, -0.2) is 15.3 Å². The Labute approximate surface area is 116 Å². The molecule has 106 valence electrons. The lowest BCUT2D eigenvalue weighted by Gasteiger charge is -2.17. The predicted molar refractivity (Wildman–Crippen MR) is 71.7 cm³/mol. The van der Waals surface area contributed by atoms with Gasteiger partial charge in [-0.2, -0.15) is 0 Å². The van der Waals surface area contributed by atoms with Gasteiger partial charge in [0.25, 0.3) is 0 Å². The maximum Gasteiger partial charge on any atom is 0.185 e. The van der Waals surface area contributed by atoms with Crippen molar-refractivity contribution in [1.82, 2.24) is 9.55 Å². The van der Waals surface area contributed by atoms with Gasteiger partial charge in [-0.15, -0.1) is 0 Å². The molecule has 0 spiro atoms. The number of imidazole rings is 1. The summed E-state index contributed by atoms with van der Waals surface area (Å²) < 4.78 is 27.9. The molecule has 2 rings (SSSR count). The molecule has 1 heterocycles. The SMILES string of the molecule is CC(C)c1nccn1C(C)C(=O)c1ccc(F)c(F)c1. The first-order valence-corrected chi connectivity index (χ1v) is 6.43. The lowest BCUT2D eigenvalue weighted by atomic mass is 10.0. The van der Waals surface area contributed by atoms with Crippen molar-refractivity contribution in [3.8, 4) is 0 Å². The number of carbonyl (C=O) groups is 1. The van der Waals surface area contributed by atoms with Crippen LogP contribution in [0.1, 0.15) is 48.9 Å². The van der Waals surface area contributed by atoms with Crippen LogP contribution in [0.25, 0.3) is 0 Å². The van der Waals surface area contributed by atoms with Gasteiger partial charge in [-0.05, 0) is 25.1 Å². The van der Waals surface area contributed by atoms with Gasteiger partial charge in [-0.1, -0.05) is 13.8 Å². The Morgan fingerprint density at radius 3 is 2.50 bits per heavy atom. The summed E-state index contributed by atoms with van der Waals surface area (Å²) in [5, 5.41) is 0. The highest BCUT2D eigenvalue weighted by Crippen LogP contribution is 2.21. The zero-order valence-electron chi connectivity index (χ0n) is 11.6. The Balaban J connectivity index is 2.32. The van der Waals surface area contributed by atoms with Gasteiger partial charge in [0, 0.05) is 23.9 Å². The van der Waals surface area contributed by atoms with Crippen molar-refractivity contribution in [3.05, 3.63) is 53.6 Å². The Morgan fingerprint density at radius 1 is 1.20 bits per heavy atom. The van der Waals surface area contributed by atoms with Crippen molar-refractivity contribution in [2.75, 3.05) is 0 Å². The molecule has 0 N–H and O–H groups in total. The second-order valence-corrected chi connectivity index (χ2v) is 5.02. The molecule has 0 saturated carbocycles. The molecule has 5 heteroatoms. The zero-order valence-corrected chi connectivity index (χ0v) is 11.6. The molecule has 0 saturated heterocycles. The normalized spacial score (nSPS) is 12.7. The minimum atomic E-state index is -1.02. The van der Waals surface area contributed by atoms with Crippen LogP contribution in [0.15, 0.2) is 30.6 Å². The molecule has 0 aliphatic carbocycles. The quantitative estimate of drug-likeness (QED) is 0.799. The van der Waals surface area contributed by atoms with Gasteiger partial charge in [0.2, 0.25) is 0 Å². The molecule has 0 radical (unpaired) electrons. The van der Waals surface area contributed by atoms with Crippen LogP contribution in [0.5, 0.6) is 0 Å². The maximum absolute atomic E-state index is 13.2. The Morgan fingerprint density at radius 2 is 1.90 bits per heavy atom. The minimum Gasteiger partial charge on any atom is -0.324 e. The van der Waals surface area contributed by atoms with Crippen molar-refractivity contribution in [1.29, 1.82) is 0 Å². The smallest absolute Gasteiger partial charge is 0.185 e. The average Bonchev–Trinajstić information content (AvgIpc) is 2.89. The van der Waals surface area contributed by atoms with Crippen molar-refractivity contribution >= 4 is 5.78 Å². The summed E-state index contributed by atoms with van der Waals surface area (Å²) in [6.45, 7) is 5.68. The molecular formula is C15H16F2N2O. The zero-order chi connectivity index (χ0) is 14.9. The monoisotopic (exact) mass is 278 g/mol. The number of aromatic nitrogens is 2. The Bertz CT molecular complexity index is 635. The third kappa shape index (κ3) is 2.61. The van der Waals surface area contributed by atoms with Gasteiger partial charge < -0.3 is 4.57 Å². The van der Waals surface area contributed by atoms with Gasteiger partial charge in [0.1, 0.15) is 5.82 Å². The standard InChI is InChI=1S/C15H16F2N2O/c1-9(2)15-18-6-7-19(15)10(3)14(20)11-4-5-12(16)13(17)8-11/h4-10H,1-3H3. The predicted octanol–water partition coefficient (Wildman–Crippen LogP) is 3.73. The summed E-state index contributed by atoms with van der Waals surface area (Å²) in [5.74, 6) is -1.29. The number of hydrogen-bond donors (Lipinski definition) is 0. The third-order valence-corrected chi connectivity index (χ3v) is 3.22. The molecule has 0 amide bonds. The number of nitrogens with zero attached hydrogens (tertiary/aromatic N) is 2. The largest absolute Gasteiger partial charge is 0.324 e. The molecular weight excluding hydrogens is 262 g/mol. The lowest BCUT2D eigenvalue weighted by molar-refractivity contribution is 0.0932. The number of halogens is 2. The number of ketones is 1. The fourth-order valence-electron chi connectivity index (χ4n) is 2.12. The molecule has 1 aromatic heterocycles. The topological polar surface area (TPSA) is 34.9 Å². The number of carbonyl (C=O) groups excluding carboxylic acids is 1. The molecule has 1 unspecified atom stereocenters. The van der Waals surface area contributed by atoms with E-state index >= 15 is 0 Å². The number of hydrogen-bond acceptors (Lipinski definition) is 2. The molecule has 3 nitrogen and oxygen atoms in total. The fourth-order valence-corrected chi connectivity index (χ4v) is 2.12. The minimum absolute atomic E-state index is 0.153. The van der Waals surface area contributed by atoms with Gasteiger partial charge in [-0.25, -0.2) is 13.8 Å². The Kier molecular flexibility index (Phi) is 3.97. The van der Waals surface area contributed by atoms with E-state index in [1.54, 1.807) is 23.9 Å². The molecule has 1 atom stereocenters. The number of rotatable bonds is 4. The molecule has 0 bridgehead atoms. The van der Waals surface area contributed by atoms with Crippen molar-refractivity contribution < 1.29 is 13.6 Å². The van der Waals surface area contributed by atoms with E-state index in [-0.39, 0.29) is 17.3 Å². The second kappa shape index (κ2) is 5.53. The Hall–Kier alpha value is -2.04. The van der Waals surface area contributed by atoms with Crippen LogP contribution in [0.4, 0.5) is 8.78 Å². The highest BCUT2D eigenvalue weighted by atomic mass is 19.2. The highest BCUT2D eigenvalue weighted by molar-refractivity contribution is 5.98. The van der Waals surface area contributed by atoms with E-state index in [0.29, 0.717) is 0 Å². The van der Waals surface area contributed by atoms with Gasteiger partial charge in [0.15, 0.2) is 17.4 Å². The van der Waals surface area contributed by atoms with E-state index in [0.717, 1.165) is 18.0 Å². The van der Waals surface area contributed by atoms with Crippen molar-refractivity contribution in [2.45, 2.75) is 32.7 Å². The van der Waals surface area contributed by atoms with Gasteiger partial charge >= 0.3 is 0 Å². The van der Waals surface area contributed by atoms with Crippen LogP contribution in [0, 0.1) is 11.6 Å². The third-order valence-electron chi connectivity index (χ3n) is 3.22. The van der Waals surface area contributed by atoms with Crippen LogP contribution in [-0.2, 0) is 0 Å². The maximum atomic E-state index is 13.2. The second-order valence-electron chi connectivity index (χ2n) is 5.02. The summed E-state index contributed by atoms with van der Waals surface area (Å²) >= 11 is 0. The summed E-state index contributed by atoms with van der Waals surface area (Å²) in [6.07, 6.45) is 3.35. The first-order chi connectivity index (χ1) is 9.41.